The number of fused-ring (bicyclic) bond motifs is 3. The summed E-state index contributed by atoms with van der Waals surface area (Å²) < 4.78 is 1.16. The Labute approximate surface area is 203 Å². The van der Waals surface area contributed by atoms with Crippen molar-refractivity contribution in [1.29, 1.82) is 0 Å². The molecule has 1 aliphatic carbocycles. The number of carbonyl (C=O) groups excluding carboxylic acids is 1. The van der Waals surface area contributed by atoms with Crippen LogP contribution in [0.15, 0.2) is 18.5 Å². The maximum absolute atomic E-state index is 13.1. The van der Waals surface area contributed by atoms with Crippen LogP contribution < -0.4 is 10.6 Å². The normalized spacial score (nSPS) is 26.6. The van der Waals surface area contributed by atoms with Gasteiger partial charge in [0.15, 0.2) is 0 Å². The van der Waals surface area contributed by atoms with Crippen molar-refractivity contribution in [3.8, 4) is 10.6 Å². The van der Waals surface area contributed by atoms with E-state index in [0.717, 1.165) is 52.4 Å². The lowest BCUT2D eigenvalue weighted by atomic mass is 9.95. The van der Waals surface area contributed by atoms with E-state index in [0.29, 0.717) is 24.7 Å². The Kier molecular flexibility index (Phi) is 6.07. The first-order chi connectivity index (χ1) is 16.1. The summed E-state index contributed by atoms with van der Waals surface area (Å²) in [5, 5.41) is 8.17. The molecule has 4 atom stereocenters. The largest absolute Gasteiger partial charge is 0.316 e. The van der Waals surface area contributed by atoms with E-state index in [9.17, 15) is 4.79 Å². The molecule has 2 aliphatic heterocycles. The first-order valence-electron chi connectivity index (χ1n) is 12.4. The molecule has 2 N–H and O–H groups in total. The summed E-state index contributed by atoms with van der Waals surface area (Å²) in [5.41, 5.74) is 3.61. The fourth-order valence-corrected chi connectivity index (χ4v) is 8.63. The molecule has 5 heterocycles. The highest BCUT2D eigenvalue weighted by atomic mass is 32.1. The van der Waals surface area contributed by atoms with Gasteiger partial charge in [0.25, 0.3) is 0 Å². The monoisotopic (exact) mass is 480 g/mol. The molecule has 3 aromatic heterocycles. The van der Waals surface area contributed by atoms with Crippen LogP contribution in [-0.2, 0) is 24.2 Å². The van der Waals surface area contributed by atoms with Crippen LogP contribution in [0.25, 0.3) is 20.8 Å². The number of ketones is 1. The molecule has 7 heteroatoms. The van der Waals surface area contributed by atoms with Gasteiger partial charge in [0.2, 0.25) is 0 Å². The lowest BCUT2D eigenvalue weighted by molar-refractivity contribution is -0.118. The van der Waals surface area contributed by atoms with Crippen LogP contribution in [0.2, 0.25) is 0 Å². The van der Waals surface area contributed by atoms with E-state index in [1.807, 2.05) is 29.8 Å². The van der Waals surface area contributed by atoms with E-state index in [1.54, 1.807) is 11.3 Å². The Balaban J connectivity index is 1.17. The molecule has 3 aromatic rings. The second kappa shape index (κ2) is 9.17. The molecular weight excluding hydrogens is 448 g/mol. The molecule has 5 nitrogen and oxygen atoms in total. The van der Waals surface area contributed by atoms with Crippen molar-refractivity contribution in [2.24, 2.45) is 17.8 Å². The van der Waals surface area contributed by atoms with Crippen LogP contribution >= 0.6 is 22.7 Å². The minimum absolute atomic E-state index is 0.387. The highest BCUT2D eigenvalue weighted by Gasteiger charge is 2.36. The van der Waals surface area contributed by atoms with Gasteiger partial charge in [-0.2, -0.15) is 0 Å². The van der Waals surface area contributed by atoms with E-state index < -0.39 is 0 Å². The number of pyridine rings is 1. The Morgan fingerprint density at radius 3 is 2.88 bits per heavy atom. The fraction of sp³-hybridized carbons (Fsp3) is 0.577. The highest BCUT2D eigenvalue weighted by Crippen LogP contribution is 2.43. The van der Waals surface area contributed by atoms with E-state index >= 15 is 0 Å². The number of Topliss-reactive ketones (excluding diaryl/α,β-unsaturated/α-hetero) is 1. The number of hydrogen-bond donors (Lipinski definition) is 2. The maximum atomic E-state index is 13.1. The van der Waals surface area contributed by atoms with Gasteiger partial charge in [-0.1, -0.05) is 6.42 Å². The summed E-state index contributed by atoms with van der Waals surface area (Å²) in [6.45, 7) is 5.56. The zero-order chi connectivity index (χ0) is 22.4. The van der Waals surface area contributed by atoms with Gasteiger partial charge in [-0.15, -0.1) is 22.7 Å². The van der Waals surface area contributed by atoms with E-state index in [1.165, 1.54) is 53.2 Å². The smallest absolute Gasteiger partial charge is 0.138 e. The molecule has 33 heavy (non-hydrogen) atoms. The molecule has 0 radical (unpaired) electrons. The number of carbonyl (C=O) groups is 1. The summed E-state index contributed by atoms with van der Waals surface area (Å²) in [4.78, 5) is 24.8. The van der Waals surface area contributed by atoms with Gasteiger partial charge in [0.05, 0.1) is 10.9 Å². The number of nitrogens with one attached hydrogen (secondary N) is 2. The van der Waals surface area contributed by atoms with Crippen molar-refractivity contribution in [3.05, 3.63) is 33.8 Å². The highest BCUT2D eigenvalue weighted by molar-refractivity contribution is 7.22. The molecule has 0 spiro atoms. The molecule has 0 aromatic carbocycles. The third kappa shape index (κ3) is 4.41. The third-order valence-corrected chi connectivity index (χ3v) is 10.2. The Hall–Kier alpha value is -1.67. The molecule has 1 saturated heterocycles. The lowest BCUT2D eigenvalue weighted by Gasteiger charge is -2.20. The quantitative estimate of drug-likeness (QED) is 0.499. The predicted octanol–water partition coefficient (Wildman–Crippen LogP) is 4.98. The zero-order valence-corrected chi connectivity index (χ0v) is 20.9. The van der Waals surface area contributed by atoms with Gasteiger partial charge in [-0.25, -0.2) is 4.98 Å². The summed E-state index contributed by atoms with van der Waals surface area (Å²) in [7, 11) is 0. The Bertz CT molecular complexity index is 1120. The second-order valence-corrected chi connectivity index (χ2v) is 12.5. The van der Waals surface area contributed by atoms with Crippen LogP contribution in [0.5, 0.6) is 0 Å². The average molecular weight is 481 g/mol. The summed E-state index contributed by atoms with van der Waals surface area (Å²) in [5.74, 6) is 3.01. The van der Waals surface area contributed by atoms with Crippen molar-refractivity contribution >= 4 is 38.7 Å². The van der Waals surface area contributed by atoms with Gasteiger partial charge in [0.1, 0.15) is 16.3 Å². The van der Waals surface area contributed by atoms with Crippen molar-refractivity contribution in [2.45, 2.75) is 64.5 Å². The summed E-state index contributed by atoms with van der Waals surface area (Å²) >= 11 is 3.56. The number of nitrogens with zero attached hydrogens (tertiary/aromatic N) is 2. The minimum atomic E-state index is 0.387. The van der Waals surface area contributed by atoms with Crippen molar-refractivity contribution < 1.29 is 4.79 Å². The topological polar surface area (TPSA) is 66.9 Å². The standard InChI is InChI=1S/C26H32N4OS2/c1-15-7-20-24(14-29-15)32-23(25(20)26-30-21-13-27-6-5-22(21)33-26)10-19(31)4-2-3-16-8-17-11-28-12-18(17)9-16/h5-6,13,15-18,28-29H,2-4,7-12,14H2,1H3/t15-,16?,17-,18+/m0/s1. The molecule has 1 unspecified atom stereocenters. The van der Waals surface area contributed by atoms with E-state index in [4.69, 9.17) is 4.98 Å². The molecule has 3 aliphatic rings. The molecule has 6 rings (SSSR count). The van der Waals surface area contributed by atoms with Crippen molar-refractivity contribution in [1.82, 2.24) is 20.6 Å². The summed E-state index contributed by atoms with van der Waals surface area (Å²) in [6, 6.07) is 2.49. The van der Waals surface area contributed by atoms with Crippen LogP contribution in [-0.4, -0.2) is 34.9 Å². The van der Waals surface area contributed by atoms with Gasteiger partial charge >= 0.3 is 0 Å². The van der Waals surface area contributed by atoms with Crippen LogP contribution in [0.3, 0.4) is 0 Å². The van der Waals surface area contributed by atoms with E-state index in [-0.39, 0.29) is 0 Å². The van der Waals surface area contributed by atoms with Crippen molar-refractivity contribution in [2.75, 3.05) is 13.1 Å². The first-order valence-corrected chi connectivity index (χ1v) is 14.1. The van der Waals surface area contributed by atoms with Gasteiger partial charge in [-0.3, -0.25) is 9.78 Å². The predicted molar refractivity (Wildman–Crippen MR) is 136 cm³/mol. The molecular formula is C26H32N4OS2. The molecule has 174 valence electrons. The number of rotatable bonds is 7. The SMILES string of the molecule is C[C@H]1Cc2c(sc(CC(=O)CCCC3C[C@H]4CNC[C@H]4C3)c2-c2nc3cnccc3s2)CN1. The first kappa shape index (κ1) is 21.8. The molecule has 0 amide bonds. The Morgan fingerprint density at radius 2 is 2.06 bits per heavy atom. The zero-order valence-electron chi connectivity index (χ0n) is 19.2. The minimum Gasteiger partial charge on any atom is -0.316 e. The fourth-order valence-electron chi connectivity index (χ4n) is 6.22. The summed E-state index contributed by atoms with van der Waals surface area (Å²) in [6.07, 6.45) is 10.9. The van der Waals surface area contributed by atoms with Crippen LogP contribution in [0.1, 0.15) is 54.3 Å². The number of thiophene rings is 1. The number of aromatic nitrogens is 2. The number of hydrogen-bond acceptors (Lipinski definition) is 7. The van der Waals surface area contributed by atoms with Crippen molar-refractivity contribution in [3.63, 3.8) is 0 Å². The van der Waals surface area contributed by atoms with Gasteiger partial charge in [-0.05, 0) is 75.1 Å². The lowest BCUT2D eigenvalue weighted by Crippen LogP contribution is -2.32. The van der Waals surface area contributed by atoms with Crippen LogP contribution in [0, 0.1) is 17.8 Å². The average Bonchev–Trinajstić information content (AvgIpc) is 3.54. The van der Waals surface area contributed by atoms with Gasteiger partial charge in [0, 0.05) is 46.9 Å². The number of thiazole rings is 1. The molecule has 2 fully saturated rings. The van der Waals surface area contributed by atoms with E-state index in [2.05, 4.69) is 22.5 Å². The second-order valence-electron chi connectivity index (χ2n) is 10.3. The molecule has 0 bridgehead atoms. The van der Waals surface area contributed by atoms with Gasteiger partial charge < -0.3 is 10.6 Å². The maximum Gasteiger partial charge on any atom is 0.138 e. The Morgan fingerprint density at radius 1 is 1.21 bits per heavy atom. The third-order valence-electron chi connectivity index (χ3n) is 7.87. The van der Waals surface area contributed by atoms with Crippen LogP contribution in [0.4, 0.5) is 0 Å². The molecule has 1 saturated carbocycles.